The fraction of sp³-hybridized carbons (Fsp3) is 0.731. The third-order valence-electron chi connectivity index (χ3n) is 7.34. The molecule has 0 aromatic heterocycles. The second-order valence-corrected chi connectivity index (χ2v) is 12.4. The van der Waals surface area contributed by atoms with E-state index in [1.54, 1.807) is 28.8 Å². The maximum absolute atomic E-state index is 14.1. The van der Waals surface area contributed by atoms with E-state index >= 15 is 0 Å². The van der Waals surface area contributed by atoms with Gasteiger partial charge in [-0.25, -0.2) is 0 Å². The number of hydrogen-bond donors (Lipinski definition) is 1. The van der Waals surface area contributed by atoms with Crippen LogP contribution in [0.5, 0.6) is 0 Å². The lowest BCUT2D eigenvalue weighted by Crippen LogP contribution is -2.55. The van der Waals surface area contributed by atoms with Gasteiger partial charge in [0.1, 0.15) is 6.04 Å². The first-order valence-corrected chi connectivity index (χ1v) is 14.6. The average Bonchev–Trinajstić information content (AvgIpc) is 3.43. The van der Waals surface area contributed by atoms with E-state index in [1.807, 2.05) is 4.90 Å². The van der Waals surface area contributed by atoms with Gasteiger partial charge in [-0.3, -0.25) is 14.4 Å². The summed E-state index contributed by atoms with van der Waals surface area (Å²) in [6.07, 6.45) is 8.62. The summed E-state index contributed by atoms with van der Waals surface area (Å²) in [6.45, 7) is 11.4. The molecule has 1 spiro atoms. The van der Waals surface area contributed by atoms with Gasteiger partial charge in [0.25, 0.3) is 0 Å². The summed E-state index contributed by atoms with van der Waals surface area (Å²) >= 11 is 5.40. The minimum atomic E-state index is -0.664. The number of halogens is 1. The highest BCUT2D eigenvalue weighted by Gasteiger charge is 2.76. The first-order valence-electron chi connectivity index (χ1n) is 12.8. The van der Waals surface area contributed by atoms with Crippen LogP contribution in [0, 0.1) is 11.8 Å². The van der Waals surface area contributed by atoms with Crippen LogP contribution < -0.4 is 0 Å². The lowest BCUT2D eigenvalue weighted by atomic mass is 9.71. The number of nitrogens with zero attached hydrogens (tertiary/aromatic N) is 2. The van der Waals surface area contributed by atoms with Crippen LogP contribution >= 0.6 is 27.7 Å². The van der Waals surface area contributed by atoms with E-state index in [0.29, 0.717) is 51.9 Å². The van der Waals surface area contributed by atoms with Gasteiger partial charge >= 0.3 is 5.97 Å². The zero-order chi connectivity index (χ0) is 25.6. The molecule has 0 saturated carbocycles. The zero-order valence-corrected chi connectivity index (χ0v) is 23.1. The molecule has 0 aliphatic carbocycles. The van der Waals surface area contributed by atoms with Gasteiger partial charge in [-0.2, -0.15) is 0 Å². The monoisotopic (exact) mass is 570 g/mol. The number of fused-ring (bicyclic) bond motifs is 1. The molecule has 9 heteroatoms. The van der Waals surface area contributed by atoms with Crippen LogP contribution in [-0.4, -0.2) is 86.4 Å². The van der Waals surface area contributed by atoms with Gasteiger partial charge in [-0.15, -0.1) is 24.9 Å². The Bertz CT molecular complexity index is 811. The molecule has 6 atom stereocenters. The van der Waals surface area contributed by atoms with Crippen LogP contribution in [-0.2, 0) is 19.1 Å². The molecule has 3 rings (SSSR count). The normalized spacial score (nSPS) is 30.9. The quantitative estimate of drug-likeness (QED) is 0.140. The number of hydrogen-bond acceptors (Lipinski definition) is 6. The van der Waals surface area contributed by atoms with E-state index in [0.717, 1.165) is 19.3 Å². The van der Waals surface area contributed by atoms with Crippen molar-refractivity contribution in [2.75, 3.05) is 32.8 Å². The zero-order valence-electron chi connectivity index (χ0n) is 20.7. The van der Waals surface area contributed by atoms with E-state index in [4.69, 9.17) is 4.74 Å². The number of thioether (sulfide) groups is 1. The smallest absolute Gasteiger partial charge is 0.310 e. The van der Waals surface area contributed by atoms with Gasteiger partial charge in [0.2, 0.25) is 11.8 Å². The molecule has 0 radical (unpaired) electrons. The number of likely N-dealkylation sites (tertiary alicyclic amines) is 1. The molecule has 2 bridgehead atoms. The second-order valence-electron chi connectivity index (χ2n) is 9.65. The first kappa shape index (κ1) is 28.3. The number of alkyl halides is 1. The number of esters is 1. The number of ether oxygens (including phenoxy) is 1. The molecule has 3 fully saturated rings. The van der Waals surface area contributed by atoms with Crippen LogP contribution in [0.3, 0.4) is 0 Å². The molecule has 3 saturated heterocycles. The van der Waals surface area contributed by atoms with Crippen LogP contribution in [0.15, 0.2) is 25.3 Å². The lowest BCUT2D eigenvalue weighted by Gasteiger charge is -2.37. The second kappa shape index (κ2) is 12.8. The third kappa shape index (κ3) is 5.52. The number of amides is 2. The summed E-state index contributed by atoms with van der Waals surface area (Å²) in [5.74, 6) is -1.67. The standard InChI is InChI=1S/C26H39BrN2O5S/c1-4-7-11-16-34-25(33)19-20-23(31)29(14-9-10-15-30)22(26(20)17-18(27)21(19)35-26)24(32)28(12-6-3)13-8-5-2/h4,6,18-22,30H,1,3,5,7-17H2,2H3/t18?,19-,20-,21-,22?,26?/m0/s1. The van der Waals surface area contributed by atoms with E-state index in [1.165, 1.54) is 0 Å². The number of aliphatic hydroxyl groups is 1. The Labute approximate surface area is 221 Å². The van der Waals surface area contributed by atoms with Gasteiger partial charge in [0, 0.05) is 36.3 Å². The van der Waals surface area contributed by atoms with Crippen LogP contribution in [0.1, 0.15) is 51.9 Å². The van der Waals surface area contributed by atoms with Crippen molar-refractivity contribution in [3.63, 3.8) is 0 Å². The number of allylic oxidation sites excluding steroid dienone is 1. The van der Waals surface area contributed by atoms with E-state index in [-0.39, 0.29) is 34.5 Å². The van der Waals surface area contributed by atoms with Crippen molar-refractivity contribution in [1.82, 2.24) is 9.80 Å². The number of unbranched alkanes of at least 4 members (excludes halogenated alkanes) is 3. The third-order valence-corrected chi connectivity index (χ3v) is 10.6. The Kier molecular flexibility index (Phi) is 10.3. The van der Waals surface area contributed by atoms with Crippen molar-refractivity contribution >= 4 is 45.5 Å². The fourth-order valence-electron chi connectivity index (χ4n) is 5.78. The number of aliphatic hydroxyl groups excluding tert-OH is 1. The minimum absolute atomic E-state index is 0.0264. The Balaban J connectivity index is 1.94. The summed E-state index contributed by atoms with van der Waals surface area (Å²) in [4.78, 5) is 44.8. The van der Waals surface area contributed by atoms with Gasteiger partial charge in [-0.05, 0) is 38.5 Å². The van der Waals surface area contributed by atoms with Gasteiger partial charge < -0.3 is 19.6 Å². The predicted molar refractivity (Wildman–Crippen MR) is 142 cm³/mol. The van der Waals surface area contributed by atoms with Gasteiger partial charge in [0.15, 0.2) is 0 Å². The molecule has 7 nitrogen and oxygen atoms in total. The van der Waals surface area contributed by atoms with Crippen LogP contribution in [0.4, 0.5) is 0 Å². The molecule has 0 aromatic carbocycles. The number of carbonyl (C=O) groups is 3. The molecule has 0 aromatic rings. The van der Waals surface area contributed by atoms with Crippen molar-refractivity contribution < 1.29 is 24.2 Å². The van der Waals surface area contributed by atoms with E-state index in [9.17, 15) is 19.5 Å². The molecular weight excluding hydrogens is 532 g/mol. The minimum Gasteiger partial charge on any atom is -0.465 e. The SMILES string of the molecule is C=CCCCOC(=O)[C@H]1[C@H]2C(=O)N(CCCCO)C(C(=O)N(CC=C)CCCC)C23CC(Br)[C@@H]1S3. The Morgan fingerprint density at radius 1 is 1.29 bits per heavy atom. The predicted octanol–water partition coefficient (Wildman–Crippen LogP) is 3.55. The molecular formula is C26H39BrN2O5S. The van der Waals surface area contributed by atoms with Crippen LogP contribution in [0.2, 0.25) is 0 Å². The van der Waals surface area contributed by atoms with Crippen molar-refractivity contribution in [3.05, 3.63) is 25.3 Å². The summed E-state index contributed by atoms with van der Waals surface area (Å²) in [6, 6.07) is -0.635. The molecule has 196 valence electrons. The van der Waals surface area contributed by atoms with E-state index in [2.05, 4.69) is 36.0 Å². The Hall–Kier alpha value is -1.32. The number of carbonyl (C=O) groups excluding carboxylic acids is 3. The average molecular weight is 572 g/mol. The highest BCUT2D eigenvalue weighted by molar-refractivity contribution is 9.09. The molecule has 35 heavy (non-hydrogen) atoms. The van der Waals surface area contributed by atoms with Gasteiger partial charge in [-0.1, -0.05) is 41.4 Å². The van der Waals surface area contributed by atoms with E-state index < -0.39 is 22.6 Å². The highest BCUT2D eigenvalue weighted by atomic mass is 79.9. The molecule has 2 amide bonds. The maximum atomic E-state index is 14.1. The highest BCUT2D eigenvalue weighted by Crippen LogP contribution is 2.68. The summed E-state index contributed by atoms with van der Waals surface area (Å²) in [5.41, 5.74) is 0. The summed E-state index contributed by atoms with van der Waals surface area (Å²) in [5, 5.41) is 9.20. The summed E-state index contributed by atoms with van der Waals surface area (Å²) in [7, 11) is 0. The molecule has 1 N–H and O–H groups in total. The maximum Gasteiger partial charge on any atom is 0.310 e. The van der Waals surface area contributed by atoms with Gasteiger partial charge in [0.05, 0.1) is 23.2 Å². The summed E-state index contributed by atoms with van der Waals surface area (Å²) < 4.78 is 4.95. The fourth-order valence-corrected chi connectivity index (χ4v) is 9.37. The largest absolute Gasteiger partial charge is 0.465 e. The van der Waals surface area contributed by atoms with Crippen molar-refractivity contribution in [2.45, 2.75) is 72.7 Å². The topological polar surface area (TPSA) is 87.1 Å². The van der Waals surface area contributed by atoms with Crippen molar-refractivity contribution in [1.29, 1.82) is 0 Å². The van der Waals surface area contributed by atoms with Crippen LogP contribution in [0.25, 0.3) is 0 Å². The van der Waals surface area contributed by atoms with Crippen molar-refractivity contribution in [2.24, 2.45) is 11.8 Å². The first-order chi connectivity index (χ1) is 16.9. The Morgan fingerprint density at radius 2 is 2.06 bits per heavy atom. The molecule has 3 aliphatic rings. The van der Waals surface area contributed by atoms with Crippen molar-refractivity contribution in [3.8, 4) is 0 Å². The molecule has 3 heterocycles. The molecule has 3 unspecified atom stereocenters. The Morgan fingerprint density at radius 3 is 2.71 bits per heavy atom. The number of rotatable bonds is 15. The molecule has 3 aliphatic heterocycles. The lowest BCUT2D eigenvalue weighted by molar-refractivity contribution is -0.154.